The summed E-state index contributed by atoms with van der Waals surface area (Å²) in [6.07, 6.45) is 3.45. The number of amides is 1. The monoisotopic (exact) mass is 396 g/mol. The fourth-order valence-corrected chi connectivity index (χ4v) is 5.00. The molecule has 5 nitrogen and oxygen atoms in total. The van der Waals surface area contributed by atoms with E-state index in [1.165, 1.54) is 16.0 Å². The predicted molar refractivity (Wildman–Crippen MR) is 113 cm³/mol. The van der Waals surface area contributed by atoms with Crippen LogP contribution in [0.2, 0.25) is 0 Å². The number of thiazole rings is 1. The van der Waals surface area contributed by atoms with Crippen molar-refractivity contribution in [2.75, 3.05) is 25.0 Å². The Morgan fingerprint density at radius 2 is 2.04 bits per heavy atom. The van der Waals surface area contributed by atoms with Crippen LogP contribution in [0.25, 0.3) is 10.2 Å². The average Bonchev–Trinajstić information content (AvgIpc) is 3.14. The molecule has 2 aromatic carbocycles. The third-order valence-corrected chi connectivity index (χ3v) is 6.33. The lowest BCUT2D eigenvalue weighted by molar-refractivity contribution is -0.929. The number of benzene rings is 2. The van der Waals surface area contributed by atoms with Crippen LogP contribution >= 0.6 is 11.3 Å². The topological polar surface area (TPSA) is 55.7 Å². The van der Waals surface area contributed by atoms with Crippen LogP contribution in [0.4, 0.5) is 5.69 Å². The van der Waals surface area contributed by atoms with Crippen molar-refractivity contribution in [1.29, 1.82) is 0 Å². The highest BCUT2D eigenvalue weighted by molar-refractivity contribution is 7.18. The summed E-state index contributed by atoms with van der Waals surface area (Å²) in [6, 6.07) is 16.1. The molecule has 3 aromatic rings. The van der Waals surface area contributed by atoms with Crippen LogP contribution in [-0.4, -0.2) is 30.6 Å². The molecule has 1 unspecified atom stereocenters. The average molecular weight is 397 g/mol. The zero-order valence-corrected chi connectivity index (χ0v) is 16.9. The highest BCUT2D eigenvalue weighted by Gasteiger charge is 2.31. The zero-order valence-electron chi connectivity index (χ0n) is 16.1. The molecular formula is C22H26N3O2S+. The normalized spacial score (nSPS) is 19.5. The molecule has 1 saturated heterocycles. The van der Waals surface area contributed by atoms with E-state index in [1.54, 1.807) is 11.3 Å². The molecule has 2 atom stereocenters. The summed E-state index contributed by atoms with van der Waals surface area (Å²) >= 11 is 1.77. The number of nitrogens with zero attached hydrogens (tertiary/aromatic N) is 1. The summed E-state index contributed by atoms with van der Waals surface area (Å²) in [5, 5.41) is 4.18. The lowest BCUT2D eigenvalue weighted by Gasteiger charge is -2.30. The van der Waals surface area contributed by atoms with Crippen molar-refractivity contribution in [2.24, 2.45) is 0 Å². The highest BCUT2D eigenvalue weighted by Crippen LogP contribution is 2.28. The third-order valence-electron chi connectivity index (χ3n) is 5.18. The minimum Gasteiger partial charge on any atom is -0.494 e. The highest BCUT2D eigenvalue weighted by atomic mass is 32.1. The second kappa shape index (κ2) is 8.71. The van der Waals surface area contributed by atoms with E-state index in [9.17, 15) is 4.79 Å². The van der Waals surface area contributed by atoms with Crippen LogP contribution in [0.5, 0.6) is 5.75 Å². The summed E-state index contributed by atoms with van der Waals surface area (Å²) in [5.41, 5.74) is 1.87. The van der Waals surface area contributed by atoms with Gasteiger partial charge in [0.2, 0.25) is 0 Å². The van der Waals surface area contributed by atoms with E-state index in [0.29, 0.717) is 19.2 Å². The first-order valence-electron chi connectivity index (χ1n) is 9.95. The Kier molecular flexibility index (Phi) is 5.88. The molecule has 4 rings (SSSR count). The smallest absolute Gasteiger partial charge is 0.279 e. The van der Waals surface area contributed by atoms with E-state index < -0.39 is 0 Å². The summed E-state index contributed by atoms with van der Waals surface area (Å²) in [4.78, 5) is 18.8. The number of aromatic nitrogens is 1. The number of ether oxygens (including phenoxy) is 1. The van der Waals surface area contributed by atoms with Crippen LogP contribution in [0.15, 0.2) is 48.5 Å². The standard InChI is InChI=1S/C22H25N3O2S/c1-2-27-17-12-10-16(11-13-17)23-21(26)15-25-14-6-5-8-19(25)22-24-18-7-3-4-9-20(18)28-22/h3-4,7,9-13,19H,2,5-6,8,14-15H2,1H3,(H,23,26)/p+1/t19-/m0/s1. The van der Waals surface area contributed by atoms with Crippen molar-refractivity contribution < 1.29 is 14.4 Å². The van der Waals surface area contributed by atoms with Crippen LogP contribution in [-0.2, 0) is 4.79 Å². The van der Waals surface area contributed by atoms with Gasteiger partial charge in [0.15, 0.2) is 11.6 Å². The zero-order chi connectivity index (χ0) is 19.3. The molecule has 6 heteroatoms. The van der Waals surface area contributed by atoms with Gasteiger partial charge in [0.05, 0.1) is 23.4 Å². The van der Waals surface area contributed by atoms with Gasteiger partial charge in [-0.05, 0) is 56.2 Å². The Bertz CT molecular complexity index is 905. The Morgan fingerprint density at radius 3 is 2.82 bits per heavy atom. The molecule has 1 aliphatic heterocycles. The number of rotatable bonds is 6. The Hall–Kier alpha value is -2.44. The van der Waals surface area contributed by atoms with Gasteiger partial charge in [-0.1, -0.05) is 12.1 Å². The first-order chi connectivity index (χ1) is 13.7. The number of carbonyl (C=O) groups excluding carboxylic acids is 1. The Labute approximate surface area is 169 Å². The number of para-hydroxylation sites is 1. The number of nitrogens with one attached hydrogen (secondary N) is 2. The number of likely N-dealkylation sites (tertiary alicyclic amines) is 1. The largest absolute Gasteiger partial charge is 0.494 e. The molecule has 1 aliphatic rings. The molecule has 2 heterocycles. The fraction of sp³-hybridized carbons (Fsp3) is 0.364. The SMILES string of the molecule is CCOc1ccc(NC(=O)C[NH+]2CCCC[C@H]2c2nc3ccccc3s2)cc1. The van der Waals surface area contributed by atoms with Gasteiger partial charge in [-0.15, -0.1) is 11.3 Å². The number of fused-ring (bicyclic) bond motifs is 1. The van der Waals surface area contributed by atoms with Crippen LogP contribution in [0, 0.1) is 0 Å². The maximum absolute atomic E-state index is 12.7. The van der Waals surface area contributed by atoms with Crippen molar-refractivity contribution in [2.45, 2.75) is 32.2 Å². The summed E-state index contributed by atoms with van der Waals surface area (Å²) in [7, 11) is 0. The summed E-state index contributed by atoms with van der Waals surface area (Å²) in [6.45, 7) is 4.07. The molecule has 1 amide bonds. The van der Waals surface area contributed by atoms with Crippen LogP contribution in [0.1, 0.15) is 37.2 Å². The molecule has 28 heavy (non-hydrogen) atoms. The summed E-state index contributed by atoms with van der Waals surface area (Å²) in [5.74, 6) is 0.866. The quantitative estimate of drug-likeness (QED) is 0.671. The van der Waals surface area contributed by atoms with Gasteiger partial charge in [-0.3, -0.25) is 4.79 Å². The van der Waals surface area contributed by atoms with E-state index in [0.717, 1.165) is 41.3 Å². The van der Waals surface area contributed by atoms with Crippen molar-refractivity contribution in [3.05, 3.63) is 53.5 Å². The fourth-order valence-electron chi connectivity index (χ4n) is 3.84. The second-order valence-corrected chi connectivity index (χ2v) is 8.22. The van der Waals surface area contributed by atoms with Crippen molar-refractivity contribution in [3.8, 4) is 5.75 Å². The Balaban J connectivity index is 1.43. The number of hydrogen-bond acceptors (Lipinski definition) is 4. The molecule has 2 N–H and O–H groups in total. The lowest BCUT2D eigenvalue weighted by Crippen LogP contribution is -3.14. The van der Waals surface area contributed by atoms with Gasteiger partial charge in [0.1, 0.15) is 11.8 Å². The maximum atomic E-state index is 12.7. The van der Waals surface area contributed by atoms with E-state index in [2.05, 4.69) is 23.5 Å². The molecule has 146 valence electrons. The van der Waals surface area contributed by atoms with Crippen LogP contribution < -0.4 is 15.0 Å². The van der Waals surface area contributed by atoms with E-state index in [1.807, 2.05) is 37.3 Å². The van der Waals surface area contributed by atoms with Crippen molar-refractivity contribution in [1.82, 2.24) is 4.98 Å². The van der Waals surface area contributed by atoms with Crippen LogP contribution in [0.3, 0.4) is 0 Å². The molecule has 0 radical (unpaired) electrons. The maximum Gasteiger partial charge on any atom is 0.279 e. The minimum atomic E-state index is 0.0483. The predicted octanol–water partition coefficient (Wildman–Crippen LogP) is 3.44. The number of quaternary nitrogens is 1. The summed E-state index contributed by atoms with van der Waals surface area (Å²) < 4.78 is 6.68. The number of hydrogen-bond donors (Lipinski definition) is 2. The van der Waals surface area contributed by atoms with Gasteiger partial charge < -0.3 is 15.0 Å². The molecule has 1 fully saturated rings. The molecular weight excluding hydrogens is 370 g/mol. The number of anilines is 1. The van der Waals surface area contributed by atoms with Gasteiger partial charge in [0, 0.05) is 12.1 Å². The molecule has 1 aromatic heterocycles. The molecule has 0 bridgehead atoms. The first kappa shape index (κ1) is 18.9. The van der Waals surface area contributed by atoms with Gasteiger partial charge in [-0.25, -0.2) is 4.98 Å². The van der Waals surface area contributed by atoms with Gasteiger partial charge in [0.25, 0.3) is 5.91 Å². The lowest BCUT2D eigenvalue weighted by atomic mass is 10.0. The number of carbonyl (C=O) groups is 1. The van der Waals surface area contributed by atoms with Gasteiger partial charge >= 0.3 is 0 Å². The van der Waals surface area contributed by atoms with E-state index >= 15 is 0 Å². The van der Waals surface area contributed by atoms with E-state index in [-0.39, 0.29) is 5.91 Å². The third kappa shape index (κ3) is 4.34. The molecule has 0 spiro atoms. The minimum absolute atomic E-state index is 0.0483. The first-order valence-corrected chi connectivity index (χ1v) is 10.8. The van der Waals surface area contributed by atoms with E-state index in [4.69, 9.17) is 9.72 Å². The number of piperidine rings is 1. The molecule has 0 aliphatic carbocycles. The van der Waals surface area contributed by atoms with Crippen molar-refractivity contribution in [3.63, 3.8) is 0 Å². The van der Waals surface area contributed by atoms with Crippen molar-refractivity contribution >= 4 is 33.1 Å². The molecule has 0 saturated carbocycles. The second-order valence-electron chi connectivity index (χ2n) is 7.16. The van der Waals surface area contributed by atoms with Gasteiger partial charge in [-0.2, -0.15) is 0 Å². The Morgan fingerprint density at radius 1 is 1.21 bits per heavy atom.